The Bertz CT molecular complexity index is 828. The number of carbonyl (C=O) groups is 1. The number of nitrogens with zero attached hydrogens (tertiary/aromatic N) is 2. The molecule has 0 bridgehead atoms. The fourth-order valence-corrected chi connectivity index (χ4v) is 3.22. The first-order valence-corrected chi connectivity index (χ1v) is 7.74. The third kappa shape index (κ3) is 2.77. The van der Waals surface area contributed by atoms with Crippen molar-refractivity contribution in [2.75, 3.05) is 18.9 Å². The van der Waals surface area contributed by atoms with E-state index in [1.165, 1.54) is 22.7 Å². The number of amidine groups is 1. The second-order valence-corrected chi connectivity index (χ2v) is 5.82. The summed E-state index contributed by atoms with van der Waals surface area (Å²) in [7, 11) is 0. The average molecular weight is 318 g/mol. The highest BCUT2D eigenvalue weighted by molar-refractivity contribution is 8.15. The van der Waals surface area contributed by atoms with Crippen molar-refractivity contribution in [3.63, 3.8) is 0 Å². The van der Waals surface area contributed by atoms with Crippen molar-refractivity contribution in [2.24, 2.45) is 4.99 Å². The van der Waals surface area contributed by atoms with Gasteiger partial charge in [-0.25, -0.2) is 9.79 Å². The van der Waals surface area contributed by atoms with Gasteiger partial charge in [0.25, 0.3) is 0 Å². The lowest BCUT2D eigenvalue weighted by atomic mass is 10.1. The molecule has 1 saturated heterocycles. The summed E-state index contributed by atoms with van der Waals surface area (Å²) in [5.74, 6) is 0.251. The number of benzene rings is 1. The van der Waals surface area contributed by atoms with Gasteiger partial charge in [-0.05, 0) is 24.6 Å². The monoisotopic (exact) mass is 318 g/mol. The third-order valence-corrected chi connectivity index (χ3v) is 4.30. The number of hydrogen-bond acceptors (Lipinski definition) is 6. The Hall–Kier alpha value is -2.12. The Morgan fingerprint density at radius 2 is 2.18 bits per heavy atom. The molecule has 0 aliphatic carbocycles. The summed E-state index contributed by atoms with van der Waals surface area (Å²) >= 11 is 1.33. The molecule has 2 heterocycles. The van der Waals surface area contributed by atoms with E-state index >= 15 is 0 Å². The van der Waals surface area contributed by atoms with Gasteiger partial charge in [-0.15, -0.1) is 0 Å². The number of amides is 1. The Morgan fingerprint density at radius 1 is 1.36 bits per heavy atom. The van der Waals surface area contributed by atoms with Gasteiger partial charge in [-0.2, -0.15) is 0 Å². The zero-order valence-corrected chi connectivity index (χ0v) is 12.7. The van der Waals surface area contributed by atoms with Crippen LogP contribution >= 0.6 is 11.8 Å². The van der Waals surface area contributed by atoms with Crippen LogP contribution < -0.4 is 5.63 Å². The minimum Gasteiger partial charge on any atom is -0.423 e. The van der Waals surface area contributed by atoms with Crippen LogP contribution in [0.1, 0.15) is 5.56 Å². The van der Waals surface area contributed by atoms with Crippen LogP contribution in [0, 0.1) is 6.92 Å². The quantitative estimate of drug-likeness (QED) is 0.870. The Balaban J connectivity index is 2.02. The van der Waals surface area contributed by atoms with E-state index in [4.69, 9.17) is 9.52 Å². The van der Waals surface area contributed by atoms with Crippen molar-refractivity contribution in [3.8, 4) is 0 Å². The van der Waals surface area contributed by atoms with Crippen molar-refractivity contribution >= 4 is 39.5 Å². The number of carbonyl (C=O) groups excluding carboxylic acids is 1. The van der Waals surface area contributed by atoms with Gasteiger partial charge in [-0.1, -0.05) is 11.8 Å². The predicted octanol–water partition coefficient (Wildman–Crippen LogP) is 1.66. The first kappa shape index (κ1) is 14.8. The molecule has 1 aromatic carbocycles. The Kier molecular flexibility index (Phi) is 4.00. The molecule has 7 heteroatoms. The minimum absolute atomic E-state index is 0.0686. The fraction of sp³-hybridized carbons (Fsp3) is 0.267. The third-order valence-electron chi connectivity index (χ3n) is 3.34. The first-order chi connectivity index (χ1) is 10.6. The zero-order chi connectivity index (χ0) is 15.7. The molecule has 3 rings (SSSR count). The van der Waals surface area contributed by atoms with E-state index < -0.39 is 5.63 Å². The lowest BCUT2D eigenvalue weighted by molar-refractivity contribution is -0.124. The van der Waals surface area contributed by atoms with Crippen LogP contribution in [0.4, 0.5) is 5.69 Å². The molecule has 22 heavy (non-hydrogen) atoms. The van der Waals surface area contributed by atoms with Gasteiger partial charge in [0.15, 0.2) is 5.17 Å². The summed E-state index contributed by atoms with van der Waals surface area (Å²) in [5, 5.41) is 10.4. The van der Waals surface area contributed by atoms with Crippen LogP contribution in [0.2, 0.25) is 0 Å². The van der Waals surface area contributed by atoms with Crippen LogP contribution in [0.5, 0.6) is 0 Å². The van der Waals surface area contributed by atoms with Gasteiger partial charge in [0.1, 0.15) is 5.58 Å². The van der Waals surface area contributed by atoms with Gasteiger partial charge < -0.3 is 9.52 Å². The summed E-state index contributed by atoms with van der Waals surface area (Å²) in [4.78, 5) is 29.1. The summed E-state index contributed by atoms with van der Waals surface area (Å²) in [6, 6.07) is 6.77. The molecule has 1 amide bonds. The smallest absolute Gasteiger partial charge is 0.336 e. The van der Waals surface area contributed by atoms with Crippen LogP contribution in [0.15, 0.2) is 38.5 Å². The number of aliphatic imine (C=N–C) groups is 1. The van der Waals surface area contributed by atoms with E-state index in [9.17, 15) is 9.59 Å². The molecular weight excluding hydrogens is 304 g/mol. The molecule has 2 aromatic rings. The minimum atomic E-state index is -0.401. The molecule has 0 atom stereocenters. The number of thioether (sulfide) groups is 1. The molecule has 0 radical (unpaired) electrons. The number of hydrogen-bond donors (Lipinski definition) is 1. The molecular formula is C15H14N2O4S. The lowest BCUT2D eigenvalue weighted by Gasteiger charge is -2.13. The highest BCUT2D eigenvalue weighted by atomic mass is 32.2. The molecule has 1 N–H and O–H groups in total. The number of rotatable bonds is 3. The molecule has 0 unspecified atom stereocenters. The molecule has 1 fully saturated rings. The average Bonchev–Trinajstić information content (AvgIpc) is 2.80. The number of aliphatic hydroxyl groups excluding tert-OH is 1. The van der Waals surface area contributed by atoms with Crippen molar-refractivity contribution in [1.29, 1.82) is 0 Å². The topological polar surface area (TPSA) is 83.1 Å². The van der Waals surface area contributed by atoms with E-state index in [0.29, 0.717) is 22.2 Å². The van der Waals surface area contributed by atoms with Crippen LogP contribution in [0.3, 0.4) is 0 Å². The van der Waals surface area contributed by atoms with Crippen LogP contribution in [-0.2, 0) is 4.79 Å². The van der Waals surface area contributed by atoms with Gasteiger partial charge in [0, 0.05) is 17.5 Å². The second kappa shape index (κ2) is 5.94. The summed E-state index contributed by atoms with van der Waals surface area (Å²) in [6.45, 7) is 1.96. The van der Waals surface area contributed by atoms with Crippen LogP contribution in [-0.4, -0.2) is 40.0 Å². The van der Waals surface area contributed by atoms with Crippen molar-refractivity contribution in [2.45, 2.75) is 6.92 Å². The van der Waals surface area contributed by atoms with Gasteiger partial charge in [0.05, 0.1) is 24.6 Å². The lowest BCUT2D eigenvalue weighted by Crippen LogP contribution is -2.32. The zero-order valence-electron chi connectivity index (χ0n) is 11.9. The first-order valence-electron chi connectivity index (χ1n) is 6.76. The Morgan fingerprint density at radius 3 is 2.95 bits per heavy atom. The number of β-amino-alcohol motifs (C(OH)–C–C–N with tert-alkyl or cyclic N) is 1. The number of fused-ring (bicyclic) bond motifs is 1. The molecule has 6 nitrogen and oxygen atoms in total. The standard InChI is InChI=1S/C15H14N2O4S/c1-9-6-14(20)21-12-7-10(2-3-11(9)12)16-15-17(4-5-18)13(19)8-22-15/h2-3,6-7,18H,4-5,8H2,1H3. The Labute approximate surface area is 130 Å². The second-order valence-electron chi connectivity index (χ2n) is 4.88. The van der Waals surface area contributed by atoms with E-state index in [1.54, 1.807) is 6.07 Å². The summed E-state index contributed by atoms with van der Waals surface area (Å²) in [6.07, 6.45) is 0. The maximum absolute atomic E-state index is 11.7. The number of aryl methyl sites for hydroxylation is 1. The largest absolute Gasteiger partial charge is 0.423 e. The van der Waals surface area contributed by atoms with Crippen molar-refractivity contribution < 1.29 is 14.3 Å². The SMILES string of the molecule is Cc1cc(=O)oc2cc(N=C3SCC(=O)N3CCO)ccc12. The molecule has 0 saturated carbocycles. The summed E-state index contributed by atoms with van der Waals surface area (Å²) in [5.41, 5.74) is 1.51. The highest BCUT2D eigenvalue weighted by Gasteiger charge is 2.27. The van der Waals surface area contributed by atoms with E-state index in [2.05, 4.69) is 4.99 Å². The molecule has 0 spiro atoms. The van der Waals surface area contributed by atoms with Gasteiger partial charge in [-0.3, -0.25) is 9.69 Å². The van der Waals surface area contributed by atoms with Crippen molar-refractivity contribution in [1.82, 2.24) is 4.90 Å². The molecule has 114 valence electrons. The number of aliphatic hydroxyl groups is 1. The maximum atomic E-state index is 11.7. The molecule has 1 aliphatic rings. The normalized spacial score (nSPS) is 16.9. The van der Waals surface area contributed by atoms with Gasteiger partial charge >= 0.3 is 5.63 Å². The van der Waals surface area contributed by atoms with E-state index in [-0.39, 0.29) is 19.1 Å². The summed E-state index contributed by atoms with van der Waals surface area (Å²) < 4.78 is 5.19. The highest BCUT2D eigenvalue weighted by Crippen LogP contribution is 2.26. The maximum Gasteiger partial charge on any atom is 0.336 e. The fourth-order valence-electron chi connectivity index (χ4n) is 2.30. The molecule has 1 aliphatic heterocycles. The van der Waals surface area contributed by atoms with Crippen molar-refractivity contribution in [3.05, 3.63) is 40.2 Å². The van der Waals surface area contributed by atoms with Gasteiger partial charge in [0.2, 0.25) is 5.91 Å². The predicted molar refractivity (Wildman–Crippen MR) is 85.6 cm³/mol. The van der Waals surface area contributed by atoms with Crippen LogP contribution in [0.25, 0.3) is 11.0 Å². The van der Waals surface area contributed by atoms with E-state index in [1.807, 2.05) is 19.1 Å². The molecule has 1 aromatic heterocycles. The van der Waals surface area contributed by atoms with E-state index in [0.717, 1.165) is 10.9 Å².